The Bertz CT molecular complexity index is 1300. The summed E-state index contributed by atoms with van der Waals surface area (Å²) < 4.78 is 26.6. The van der Waals surface area contributed by atoms with Gasteiger partial charge in [-0.15, -0.1) is 0 Å². The number of amides is 3. The first-order valence-electron chi connectivity index (χ1n) is 9.86. The molecule has 5 N–H and O–H groups in total. The van der Waals surface area contributed by atoms with E-state index >= 15 is 0 Å². The van der Waals surface area contributed by atoms with E-state index in [2.05, 4.69) is 16.0 Å². The highest BCUT2D eigenvalue weighted by Gasteiger charge is 2.24. The molecule has 3 amide bonds. The van der Waals surface area contributed by atoms with Crippen molar-refractivity contribution in [3.05, 3.63) is 101 Å². The fraction of sp³-hybridized carbons (Fsp3) is 0.0417. The predicted molar refractivity (Wildman–Crippen MR) is 119 cm³/mol. The Labute approximate surface area is 187 Å². The third-order valence-corrected chi connectivity index (χ3v) is 4.98. The van der Waals surface area contributed by atoms with Gasteiger partial charge in [-0.3, -0.25) is 14.4 Å². The van der Waals surface area contributed by atoms with E-state index in [-0.39, 0.29) is 17.9 Å². The fourth-order valence-corrected chi connectivity index (χ4v) is 3.30. The van der Waals surface area contributed by atoms with Crippen LogP contribution in [0, 0.1) is 11.6 Å². The molecule has 0 saturated heterocycles. The SMILES string of the molecule is Nc1cc(F)ccc1NC(=O)c1ccc(CNC(=O)/C=C2\NC(=O)c3ccc(F)cc32)cc1. The molecular formula is C24H18F2N4O3. The minimum Gasteiger partial charge on any atom is -0.397 e. The van der Waals surface area contributed by atoms with Crippen LogP contribution < -0.4 is 21.7 Å². The first-order valence-corrected chi connectivity index (χ1v) is 9.86. The third-order valence-electron chi connectivity index (χ3n) is 4.98. The molecule has 0 aromatic heterocycles. The van der Waals surface area contributed by atoms with Crippen LogP contribution in [0.4, 0.5) is 20.2 Å². The van der Waals surface area contributed by atoms with Gasteiger partial charge in [-0.25, -0.2) is 8.78 Å². The number of nitrogens with one attached hydrogen (secondary N) is 3. The molecule has 0 radical (unpaired) electrons. The van der Waals surface area contributed by atoms with Crippen LogP contribution in [-0.4, -0.2) is 17.7 Å². The zero-order valence-corrected chi connectivity index (χ0v) is 17.1. The Hall–Kier alpha value is -4.53. The van der Waals surface area contributed by atoms with Gasteiger partial charge in [0, 0.05) is 29.3 Å². The zero-order chi connectivity index (χ0) is 23.5. The van der Waals surface area contributed by atoms with Crippen molar-refractivity contribution in [2.24, 2.45) is 0 Å². The maximum Gasteiger partial charge on any atom is 0.256 e. The summed E-state index contributed by atoms with van der Waals surface area (Å²) in [4.78, 5) is 36.6. The van der Waals surface area contributed by atoms with Crippen molar-refractivity contribution in [2.45, 2.75) is 6.54 Å². The van der Waals surface area contributed by atoms with E-state index in [4.69, 9.17) is 5.73 Å². The highest BCUT2D eigenvalue weighted by atomic mass is 19.1. The molecule has 4 rings (SSSR count). The Kier molecular flexibility index (Phi) is 5.86. The van der Waals surface area contributed by atoms with E-state index in [1.54, 1.807) is 24.3 Å². The molecular weight excluding hydrogens is 430 g/mol. The Morgan fingerprint density at radius 2 is 1.64 bits per heavy atom. The lowest BCUT2D eigenvalue weighted by atomic mass is 10.1. The molecule has 1 aliphatic rings. The smallest absolute Gasteiger partial charge is 0.256 e. The van der Waals surface area contributed by atoms with Crippen LogP contribution in [0.5, 0.6) is 0 Å². The highest BCUT2D eigenvalue weighted by molar-refractivity contribution is 6.12. The van der Waals surface area contributed by atoms with Gasteiger partial charge in [0.1, 0.15) is 11.6 Å². The summed E-state index contributed by atoms with van der Waals surface area (Å²) in [6, 6.07) is 13.9. The van der Waals surface area contributed by atoms with E-state index < -0.39 is 29.4 Å². The van der Waals surface area contributed by atoms with Crippen LogP contribution in [0.1, 0.15) is 31.8 Å². The second-order valence-electron chi connectivity index (χ2n) is 7.30. The van der Waals surface area contributed by atoms with Crippen LogP contribution in [0.2, 0.25) is 0 Å². The van der Waals surface area contributed by atoms with Crippen LogP contribution in [0.3, 0.4) is 0 Å². The quantitative estimate of drug-likeness (QED) is 0.355. The minimum atomic E-state index is -0.511. The number of carbonyl (C=O) groups excluding carboxylic acids is 3. The Morgan fingerprint density at radius 3 is 2.36 bits per heavy atom. The van der Waals surface area contributed by atoms with Crippen molar-refractivity contribution >= 4 is 34.8 Å². The maximum atomic E-state index is 13.5. The topological polar surface area (TPSA) is 113 Å². The summed E-state index contributed by atoms with van der Waals surface area (Å²) in [5.41, 5.74) is 8.03. The first-order chi connectivity index (χ1) is 15.8. The number of hydrogen-bond donors (Lipinski definition) is 4. The molecule has 0 saturated carbocycles. The third kappa shape index (κ3) is 4.87. The lowest BCUT2D eigenvalue weighted by Gasteiger charge is -2.09. The summed E-state index contributed by atoms with van der Waals surface area (Å²) >= 11 is 0. The molecule has 1 aliphatic heterocycles. The van der Waals surface area contributed by atoms with Gasteiger partial charge in [-0.1, -0.05) is 12.1 Å². The van der Waals surface area contributed by atoms with Gasteiger partial charge in [0.05, 0.1) is 17.1 Å². The molecule has 1 heterocycles. The predicted octanol–water partition coefficient (Wildman–Crippen LogP) is 3.20. The number of benzene rings is 3. The van der Waals surface area contributed by atoms with Crippen molar-refractivity contribution in [3.63, 3.8) is 0 Å². The van der Waals surface area contributed by atoms with Crippen LogP contribution >= 0.6 is 0 Å². The normalized spacial score (nSPS) is 13.4. The van der Waals surface area contributed by atoms with E-state index in [0.29, 0.717) is 22.4 Å². The maximum absolute atomic E-state index is 13.5. The summed E-state index contributed by atoms with van der Waals surface area (Å²) in [5.74, 6) is -2.31. The van der Waals surface area contributed by atoms with Gasteiger partial charge < -0.3 is 21.7 Å². The van der Waals surface area contributed by atoms with Crippen molar-refractivity contribution in [3.8, 4) is 0 Å². The summed E-state index contributed by atoms with van der Waals surface area (Å²) in [6.45, 7) is 0.166. The minimum absolute atomic E-state index is 0.112. The number of halogens is 2. The number of nitrogen functional groups attached to an aromatic ring is 1. The monoisotopic (exact) mass is 448 g/mol. The number of carbonyl (C=O) groups is 3. The van der Waals surface area contributed by atoms with E-state index in [1.165, 1.54) is 36.4 Å². The lowest BCUT2D eigenvalue weighted by molar-refractivity contribution is -0.116. The van der Waals surface area contributed by atoms with Gasteiger partial charge in [0.2, 0.25) is 5.91 Å². The number of fused-ring (bicyclic) bond motifs is 1. The van der Waals surface area contributed by atoms with Gasteiger partial charge in [0.15, 0.2) is 0 Å². The van der Waals surface area contributed by atoms with Crippen molar-refractivity contribution in [2.75, 3.05) is 11.1 Å². The van der Waals surface area contributed by atoms with Gasteiger partial charge in [0.25, 0.3) is 11.8 Å². The molecule has 0 aliphatic carbocycles. The number of rotatable bonds is 5. The molecule has 166 valence electrons. The summed E-state index contributed by atoms with van der Waals surface area (Å²) in [5, 5.41) is 7.83. The van der Waals surface area contributed by atoms with Gasteiger partial charge in [-0.2, -0.15) is 0 Å². The number of hydrogen-bond acceptors (Lipinski definition) is 4. The fourth-order valence-electron chi connectivity index (χ4n) is 3.30. The van der Waals surface area contributed by atoms with Crippen molar-refractivity contribution in [1.82, 2.24) is 10.6 Å². The molecule has 9 heteroatoms. The molecule has 7 nitrogen and oxygen atoms in total. The molecule has 0 atom stereocenters. The summed E-state index contributed by atoms with van der Waals surface area (Å²) in [6.07, 6.45) is 1.19. The van der Waals surface area contributed by atoms with Gasteiger partial charge >= 0.3 is 0 Å². The van der Waals surface area contributed by atoms with Gasteiger partial charge in [-0.05, 0) is 54.1 Å². The van der Waals surface area contributed by atoms with Crippen molar-refractivity contribution in [1.29, 1.82) is 0 Å². The second-order valence-corrected chi connectivity index (χ2v) is 7.30. The number of anilines is 2. The molecule has 0 spiro atoms. The summed E-state index contributed by atoms with van der Waals surface area (Å²) in [7, 11) is 0. The first kappa shape index (κ1) is 21.7. The molecule has 33 heavy (non-hydrogen) atoms. The molecule has 0 bridgehead atoms. The average molecular weight is 448 g/mol. The standard InChI is InChI=1S/C24H18F2N4O3/c25-15-5-7-17-18(9-15)21(30-24(17)33)11-22(31)28-12-13-1-3-14(4-2-13)23(32)29-20-8-6-16(26)10-19(20)27/h1-11H,12,27H2,(H,28,31)(H,29,32)(H,30,33)/b21-11-. The van der Waals surface area contributed by atoms with Crippen molar-refractivity contribution < 1.29 is 23.2 Å². The zero-order valence-electron chi connectivity index (χ0n) is 17.1. The van der Waals surface area contributed by atoms with E-state index in [9.17, 15) is 23.2 Å². The number of nitrogens with two attached hydrogens (primary N) is 1. The lowest BCUT2D eigenvalue weighted by Crippen LogP contribution is -2.22. The van der Waals surface area contributed by atoms with Crippen LogP contribution in [-0.2, 0) is 11.3 Å². The second kappa shape index (κ2) is 8.91. The van der Waals surface area contributed by atoms with E-state index in [0.717, 1.165) is 11.6 Å². The molecule has 3 aromatic carbocycles. The van der Waals surface area contributed by atoms with Crippen LogP contribution in [0.15, 0.2) is 66.7 Å². The van der Waals surface area contributed by atoms with Crippen LogP contribution in [0.25, 0.3) is 5.70 Å². The largest absolute Gasteiger partial charge is 0.397 e. The average Bonchev–Trinajstić information content (AvgIpc) is 3.08. The highest BCUT2D eigenvalue weighted by Crippen LogP contribution is 2.25. The Balaban J connectivity index is 1.36. The molecule has 0 unspecified atom stereocenters. The Morgan fingerprint density at radius 1 is 0.939 bits per heavy atom. The van der Waals surface area contributed by atoms with E-state index in [1.807, 2.05) is 0 Å². The molecule has 3 aromatic rings. The molecule has 0 fully saturated rings.